The largest absolute Gasteiger partial charge is 0.493 e. The molecule has 0 saturated heterocycles. The molecule has 2 rings (SSSR count). The number of benzene rings is 2. The molecule has 0 unspecified atom stereocenters. The SMILES string of the molecule is COc1cc(C(=O)OCC(=O)c2ccc(C)cc2C)ccc1OCC(C)C. The zero-order valence-corrected chi connectivity index (χ0v) is 16.5. The summed E-state index contributed by atoms with van der Waals surface area (Å²) in [6, 6.07) is 10.4. The lowest BCUT2D eigenvalue weighted by molar-refractivity contribution is 0.0474. The number of methoxy groups -OCH3 is 1. The molecule has 5 nitrogen and oxygen atoms in total. The number of esters is 1. The van der Waals surface area contributed by atoms with Gasteiger partial charge in [0.15, 0.2) is 18.1 Å². The van der Waals surface area contributed by atoms with Crippen molar-refractivity contribution in [3.8, 4) is 11.5 Å². The zero-order chi connectivity index (χ0) is 20.0. The van der Waals surface area contributed by atoms with Gasteiger partial charge in [-0.1, -0.05) is 37.6 Å². The highest BCUT2D eigenvalue weighted by Crippen LogP contribution is 2.28. The Kier molecular flexibility index (Phi) is 6.99. The number of carbonyl (C=O) groups is 2. The molecular formula is C22H26O5. The molecule has 0 saturated carbocycles. The van der Waals surface area contributed by atoms with Gasteiger partial charge >= 0.3 is 5.97 Å². The van der Waals surface area contributed by atoms with Crippen molar-refractivity contribution in [2.24, 2.45) is 5.92 Å². The summed E-state index contributed by atoms with van der Waals surface area (Å²) in [6.07, 6.45) is 0. The second-order valence-electron chi connectivity index (χ2n) is 6.89. The maximum Gasteiger partial charge on any atom is 0.338 e. The number of ether oxygens (including phenoxy) is 3. The summed E-state index contributed by atoms with van der Waals surface area (Å²) in [5.41, 5.74) is 2.80. The highest BCUT2D eigenvalue weighted by molar-refractivity contribution is 6.00. The molecule has 0 fully saturated rings. The maximum absolute atomic E-state index is 12.3. The molecule has 0 radical (unpaired) electrons. The fraction of sp³-hybridized carbons (Fsp3) is 0.364. The van der Waals surface area contributed by atoms with Gasteiger partial charge in [0, 0.05) is 5.56 Å². The first kappa shape index (κ1) is 20.5. The van der Waals surface area contributed by atoms with Crippen LogP contribution in [-0.4, -0.2) is 32.1 Å². The Morgan fingerprint density at radius 2 is 1.74 bits per heavy atom. The third-order valence-corrected chi connectivity index (χ3v) is 3.99. The van der Waals surface area contributed by atoms with Crippen LogP contribution in [0.1, 0.15) is 45.7 Å². The predicted octanol–water partition coefficient (Wildman–Crippen LogP) is 4.39. The Morgan fingerprint density at radius 3 is 2.37 bits per heavy atom. The van der Waals surface area contributed by atoms with Gasteiger partial charge in [-0.25, -0.2) is 4.79 Å². The minimum atomic E-state index is -0.582. The van der Waals surface area contributed by atoms with Gasteiger partial charge in [-0.2, -0.15) is 0 Å². The Hall–Kier alpha value is -2.82. The van der Waals surface area contributed by atoms with Crippen LogP contribution in [0.2, 0.25) is 0 Å². The number of carbonyl (C=O) groups excluding carboxylic acids is 2. The van der Waals surface area contributed by atoms with Crippen molar-refractivity contribution < 1.29 is 23.8 Å². The quantitative estimate of drug-likeness (QED) is 0.509. The fourth-order valence-electron chi connectivity index (χ4n) is 2.59. The maximum atomic E-state index is 12.3. The van der Waals surface area contributed by atoms with E-state index in [4.69, 9.17) is 14.2 Å². The van der Waals surface area contributed by atoms with Crippen LogP contribution in [0.3, 0.4) is 0 Å². The van der Waals surface area contributed by atoms with E-state index in [1.165, 1.54) is 7.11 Å². The van der Waals surface area contributed by atoms with E-state index in [2.05, 4.69) is 0 Å². The topological polar surface area (TPSA) is 61.8 Å². The standard InChI is InChI=1S/C22H26O5/c1-14(2)12-26-20-9-7-17(11-21(20)25-5)22(24)27-13-19(23)18-8-6-15(3)10-16(18)4/h6-11,14H,12-13H2,1-5H3. The number of hydrogen-bond donors (Lipinski definition) is 0. The monoisotopic (exact) mass is 370 g/mol. The minimum Gasteiger partial charge on any atom is -0.493 e. The summed E-state index contributed by atoms with van der Waals surface area (Å²) in [7, 11) is 1.51. The molecule has 0 N–H and O–H groups in total. The van der Waals surface area contributed by atoms with E-state index >= 15 is 0 Å². The van der Waals surface area contributed by atoms with Crippen molar-refractivity contribution in [2.45, 2.75) is 27.7 Å². The molecule has 27 heavy (non-hydrogen) atoms. The van der Waals surface area contributed by atoms with E-state index in [9.17, 15) is 9.59 Å². The normalized spacial score (nSPS) is 10.6. The zero-order valence-electron chi connectivity index (χ0n) is 16.5. The van der Waals surface area contributed by atoms with Crippen molar-refractivity contribution >= 4 is 11.8 Å². The van der Waals surface area contributed by atoms with Crippen LogP contribution in [0.5, 0.6) is 11.5 Å². The van der Waals surface area contributed by atoms with Gasteiger partial charge in [0.1, 0.15) is 0 Å². The summed E-state index contributed by atoms with van der Waals surface area (Å²) < 4.78 is 16.1. The van der Waals surface area contributed by atoms with Gasteiger partial charge < -0.3 is 14.2 Å². The van der Waals surface area contributed by atoms with Gasteiger partial charge in [-0.15, -0.1) is 0 Å². The lowest BCUT2D eigenvalue weighted by Crippen LogP contribution is -2.15. The third kappa shape index (κ3) is 5.58. The number of rotatable bonds is 8. The molecule has 0 atom stereocenters. The second kappa shape index (κ2) is 9.21. The van der Waals surface area contributed by atoms with E-state index in [1.807, 2.05) is 39.8 Å². The van der Waals surface area contributed by atoms with Crippen molar-refractivity contribution in [1.82, 2.24) is 0 Å². The highest BCUT2D eigenvalue weighted by atomic mass is 16.5. The second-order valence-corrected chi connectivity index (χ2v) is 6.89. The Morgan fingerprint density at radius 1 is 1.00 bits per heavy atom. The molecule has 0 spiro atoms. The number of Topliss-reactive ketones (excluding diaryl/α,β-unsaturated/α-hetero) is 1. The number of aryl methyl sites for hydroxylation is 2. The fourth-order valence-corrected chi connectivity index (χ4v) is 2.59. The first-order chi connectivity index (χ1) is 12.8. The summed E-state index contributed by atoms with van der Waals surface area (Å²) in [5, 5.41) is 0. The van der Waals surface area contributed by atoms with Gasteiger partial charge in [0.2, 0.25) is 5.78 Å². The molecule has 0 aliphatic heterocycles. The summed E-state index contributed by atoms with van der Waals surface area (Å²) in [6.45, 7) is 8.16. The van der Waals surface area contributed by atoms with Crippen LogP contribution in [0.4, 0.5) is 0 Å². The predicted molar refractivity (Wildman–Crippen MR) is 104 cm³/mol. The highest BCUT2D eigenvalue weighted by Gasteiger charge is 2.16. The van der Waals surface area contributed by atoms with E-state index < -0.39 is 5.97 Å². The molecule has 0 amide bonds. The Bertz CT molecular complexity index is 823. The summed E-state index contributed by atoms with van der Waals surface area (Å²) in [4.78, 5) is 24.6. The molecule has 0 aromatic heterocycles. The molecule has 2 aromatic rings. The van der Waals surface area contributed by atoms with Gasteiger partial charge in [-0.3, -0.25) is 4.79 Å². The van der Waals surface area contributed by atoms with Crippen LogP contribution in [0, 0.1) is 19.8 Å². The van der Waals surface area contributed by atoms with Crippen molar-refractivity contribution in [2.75, 3.05) is 20.3 Å². The smallest absolute Gasteiger partial charge is 0.338 e. The van der Waals surface area contributed by atoms with Gasteiger partial charge in [0.25, 0.3) is 0 Å². The minimum absolute atomic E-state index is 0.232. The first-order valence-electron chi connectivity index (χ1n) is 8.90. The van der Waals surface area contributed by atoms with E-state index in [-0.39, 0.29) is 12.4 Å². The van der Waals surface area contributed by atoms with Crippen LogP contribution < -0.4 is 9.47 Å². The van der Waals surface area contributed by atoms with Gasteiger partial charge in [0.05, 0.1) is 19.3 Å². The summed E-state index contributed by atoms with van der Waals surface area (Å²) in [5.74, 6) is 0.571. The molecule has 0 bridgehead atoms. The van der Waals surface area contributed by atoms with Crippen LogP contribution in [0.15, 0.2) is 36.4 Å². The Balaban J connectivity index is 2.03. The van der Waals surface area contributed by atoms with Gasteiger partial charge in [-0.05, 0) is 43.5 Å². The van der Waals surface area contributed by atoms with Crippen LogP contribution >= 0.6 is 0 Å². The van der Waals surface area contributed by atoms with Crippen molar-refractivity contribution in [3.63, 3.8) is 0 Å². The van der Waals surface area contributed by atoms with E-state index in [0.717, 1.165) is 11.1 Å². The average molecular weight is 370 g/mol. The molecule has 0 aliphatic carbocycles. The molecule has 5 heteroatoms. The average Bonchev–Trinajstić information content (AvgIpc) is 2.63. The number of hydrogen-bond acceptors (Lipinski definition) is 5. The molecule has 0 aliphatic rings. The molecule has 0 heterocycles. The lowest BCUT2D eigenvalue weighted by Gasteiger charge is -2.13. The van der Waals surface area contributed by atoms with Crippen molar-refractivity contribution in [3.05, 3.63) is 58.7 Å². The van der Waals surface area contributed by atoms with Crippen molar-refractivity contribution in [1.29, 1.82) is 0 Å². The molecular weight excluding hydrogens is 344 g/mol. The third-order valence-electron chi connectivity index (χ3n) is 3.99. The molecule has 144 valence electrons. The lowest BCUT2D eigenvalue weighted by atomic mass is 10.0. The van der Waals surface area contributed by atoms with Crippen LogP contribution in [-0.2, 0) is 4.74 Å². The van der Waals surface area contributed by atoms with E-state index in [1.54, 1.807) is 24.3 Å². The van der Waals surface area contributed by atoms with Crippen LogP contribution in [0.25, 0.3) is 0 Å². The molecule has 2 aromatic carbocycles. The van der Waals surface area contributed by atoms with E-state index in [0.29, 0.717) is 35.2 Å². The first-order valence-corrected chi connectivity index (χ1v) is 8.90. The Labute approximate surface area is 160 Å². The number of ketones is 1. The summed E-state index contributed by atoms with van der Waals surface area (Å²) >= 11 is 0.